The molecule has 0 saturated heterocycles. The van der Waals surface area contributed by atoms with Crippen molar-refractivity contribution in [2.75, 3.05) is 0 Å². The van der Waals surface area contributed by atoms with Gasteiger partial charge in [0.05, 0.1) is 22.8 Å². The Morgan fingerprint density at radius 1 is 1.03 bits per heavy atom. The first-order valence-corrected chi connectivity index (χ1v) is 9.90. The molecule has 0 aliphatic rings. The molecule has 4 aromatic rings. The monoisotopic (exact) mass is 401 g/mol. The van der Waals surface area contributed by atoms with E-state index in [1.54, 1.807) is 24.5 Å². The number of amides is 1. The van der Waals surface area contributed by atoms with Crippen molar-refractivity contribution in [2.45, 2.75) is 19.4 Å². The van der Waals surface area contributed by atoms with Gasteiger partial charge in [-0.15, -0.1) is 0 Å². The van der Waals surface area contributed by atoms with Crippen LogP contribution in [0.25, 0.3) is 22.2 Å². The van der Waals surface area contributed by atoms with Crippen molar-refractivity contribution in [3.8, 4) is 11.3 Å². The lowest BCUT2D eigenvalue weighted by molar-refractivity contribution is 0.0937. The van der Waals surface area contributed by atoms with E-state index in [0.717, 1.165) is 34.1 Å². The van der Waals surface area contributed by atoms with Crippen LogP contribution < -0.4 is 5.32 Å². The third-order valence-electron chi connectivity index (χ3n) is 4.91. The fraction of sp³-hybridized carbons (Fsp3) is 0.125. The molecule has 1 atom stereocenters. The Bertz CT molecular complexity index is 1150. The number of rotatable bonds is 5. The van der Waals surface area contributed by atoms with Crippen LogP contribution in [0.5, 0.6) is 0 Å². The molecule has 2 aromatic heterocycles. The summed E-state index contributed by atoms with van der Waals surface area (Å²) in [5.74, 6) is -0.148. The fourth-order valence-corrected chi connectivity index (χ4v) is 3.57. The van der Waals surface area contributed by atoms with E-state index in [0.29, 0.717) is 10.6 Å². The van der Waals surface area contributed by atoms with Crippen LogP contribution in [0.1, 0.15) is 35.3 Å². The number of pyridine rings is 2. The molecule has 0 aliphatic heterocycles. The van der Waals surface area contributed by atoms with E-state index in [9.17, 15) is 4.79 Å². The number of carbonyl (C=O) groups is 1. The van der Waals surface area contributed by atoms with Gasteiger partial charge in [0.2, 0.25) is 0 Å². The lowest BCUT2D eigenvalue weighted by Crippen LogP contribution is -2.28. The van der Waals surface area contributed by atoms with Crippen molar-refractivity contribution in [1.82, 2.24) is 15.3 Å². The largest absolute Gasteiger partial charge is 0.345 e. The van der Waals surface area contributed by atoms with Crippen molar-refractivity contribution in [2.24, 2.45) is 0 Å². The lowest BCUT2D eigenvalue weighted by Gasteiger charge is -2.18. The normalized spacial score (nSPS) is 11.9. The molecule has 0 spiro atoms. The Hall–Kier alpha value is -3.24. The highest BCUT2D eigenvalue weighted by Gasteiger charge is 2.18. The average Bonchev–Trinajstić information content (AvgIpc) is 2.77. The number of hydrogen-bond donors (Lipinski definition) is 1. The second-order valence-corrected chi connectivity index (χ2v) is 7.23. The summed E-state index contributed by atoms with van der Waals surface area (Å²) in [4.78, 5) is 22.1. The summed E-state index contributed by atoms with van der Waals surface area (Å²) < 4.78 is 0. The van der Waals surface area contributed by atoms with Crippen molar-refractivity contribution >= 4 is 28.4 Å². The van der Waals surface area contributed by atoms with Crippen LogP contribution in [0.3, 0.4) is 0 Å². The summed E-state index contributed by atoms with van der Waals surface area (Å²) in [6.45, 7) is 2.06. The molecule has 0 bridgehead atoms. The van der Waals surface area contributed by atoms with Crippen LogP contribution >= 0.6 is 11.6 Å². The summed E-state index contributed by atoms with van der Waals surface area (Å²) in [5, 5.41) is 4.47. The predicted octanol–water partition coefficient (Wildman–Crippen LogP) is 5.83. The molecule has 0 radical (unpaired) electrons. The van der Waals surface area contributed by atoms with Gasteiger partial charge in [-0.25, -0.2) is 4.98 Å². The first-order chi connectivity index (χ1) is 14.2. The van der Waals surface area contributed by atoms with Gasteiger partial charge in [0.25, 0.3) is 5.91 Å². The molecular formula is C24H20ClN3O. The molecule has 0 aliphatic carbocycles. The number of nitrogens with one attached hydrogen (secondary N) is 1. The van der Waals surface area contributed by atoms with E-state index in [2.05, 4.69) is 17.2 Å². The average molecular weight is 402 g/mol. The molecule has 0 saturated carbocycles. The number of benzene rings is 2. The van der Waals surface area contributed by atoms with E-state index in [1.165, 1.54) is 0 Å². The molecule has 144 valence electrons. The number of fused-ring (bicyclic) bond motifs is 1. The zero-order valence-electron chi connectivity index (χ0n) is 16.0. The summed E-state index contributed by atoms with van der Waals surface area (Å²) >= 11 is 6.21. The van der Waals surface area contributed by atoms with Crippen LogP contribution in [-0.4, -0.2) is 15.9 Å². The van der Waals surface area contributed by atoms with E-state index >= 15 is 0 Å². The molecule has 4 rings (SSSR count). The van der Waals surface area contributed by atoms with Gasteiger partial charge in [-0.2, -0.15) is 0 Å². The van der Waals surface area contributed by atoms with Crippen molar-refractivity contribution in [3.63, 3.8) is 0 Å². The Morgan fingerprint density at radius 2 is 1.79 bits per heavy atom. The Morgan fingerprint density at radius 3 is 2.52 bits per heavy atom. The van der Waals surface area contributed by atoms with Gasteiger partial charge in [-0.3, -0.25) is 9.78 Å². The van der Waals surface area contributed by atoms with Gasteiger partial charge < -0.3 is 5.32 Å². The van der Waals surface area contributed by atoms with Gasteiger partial charge in [-0.1, -0.05) is 48.9 Å². The van der Waals surface area contributed by atoms with E-state index in [-0.39, 0.29) is 11.9 Å². The minimum Gasteiger partial charge on any atom is -0.345 e. The molecule has 2 aromatic carbocycles. The van der Waals surface area contributed by atoms with Gasteiger partial charge in [0, 0.05) is 28.4 Å². The minimum absolute atomic E-state index is 0.0736. The molecule has 1 unspecified atom stereocenters. The minimum atomic E-state index is -0.148. The highest BCUT2D eigenvalue weighted by molar-refractivity contribution is 6.31. The summed E-state index contributed by atoms with van der Waals surface area (Å²) in [6.07, 6.45) is 4.22. The standard InChI is InChI=1S/C24H20ClN3O/c1-2-21(16-6-4-3-5-7-16)28-24(29)20-15-23(17-10-12-26-13-11-17)27-22-9-8-18(25)14-19(20)22/h3-15,21H,2H2,1H3,(H,28,29). The second-order valence-electron chi connectivity index (χ2n) is 6.80. The Balaban J connectivity index is 1.78. The van der Waals surface area contributed by atoms with Gasteiger partial charge in [-0.05, 0) is 48.4 Å². The molecule has 2 heterocycles. The smallest absolute Gasteiger partial charge is 0.252 e. The van der Waals surface area contributed by atoms with Crippen molar-refractivity contribution in [3.05, 3.63) is 95.3 Å². The molecule has 4 nitrogen and oxygen atoms in total. The van der Waals surface area contributed by atoms with Gasteiger partial charge >= 0.3 is 0 Å². The summed E-state index contributed by atoms with van der Waals surface area (Å²) in [5.41, 5.74) is 3.98. The maximum Gasteiger partial charge on any atom is 0.252 e. The van der Waals surface area contributed by atoms with Crippen molar-refractivity contribution < 1.29 is 4.79 Å². The highest BCUT2D eigenvalue weighted by atomic mass is 35.5. The molecular weight excluding hydrogens is 382 g/mol. The van der Waals surface area contributed by atoms with E-state index in [1.807, 2.05) is 54.6 Å². The van der Waals surface area contributed by atoms with Crippen LogP contribution in [-0.2, 0) is 0 Å². The van der Waals surface area contributed by atoms with Gasteiger partial charge in [0.15, 0.2) is 0 Å². The second kappa shape index (κ2) is 8.41. The third kappa shape index (κ3) is 4.13. The fourth-order valence-electron chi connectivity index (χ4n) is 3.40. The SMILES string of the molecule is CCC(NC(=O)c1cc(-c2ccncc2)nc2ccc(Cl)cc12)c1ccccc1. The van der Waals surface area contributed by atoms with Crippen LogP contribution in [0, 0.1) is 0 Å². The molecule has 1 N–H and O–H groups in total. The maximum absolute atomic E-state index is 13.3. The lowest BCUT2D eigenvalue weighted by atomic mass is 10.0. The molecule has 29 heavy (non-hydrogen) atoms. The zero-order valence-corrected chi connectivity index (χ0v) is 16.7. The Kier molecular flexibility index (Phi) is 5.54. The Labute approximate surface area is 174 Å². The van der Waals surface area contributed by atoms with E-state index < -0.39 is 0 Å². The highest BCUT2D eigenvalue weighted by Crippen LogP contribution is 2.27. The first-order valence-electron chi connectivity index (χ1n) is 9.52. The van der Waals surface area contributed by atoms with E-state index in [4.69, 9.17) is 16.6 Å². The summed E-state index contributed by atoms with van der Waals surface area (Å²) in [6, 6.07) is 20.9. The van der Waals surface area contributed by atoms with Crippen LogP contribution in [0.15, 0.2) is 79.1 Å². The number of carbonyl (C=O) groups excluding carboxylic acids is 1. The zero-order chi connectivity index (χ0) is 20.2. The topological polar surface area (TPSA) is 54.9 Å². The number of halogens is 1. The number of nitrogens with zero attached hydrogens (tertiary/aromatic N) is 2. The molecule has 5 heteroatoms. The number of aromatic nitrogens is 2. The molecule has 0 fully saturated rings. The first kappa shape index (κ1) is 19.1. The van der Waals surface area contributed by atoms with Crippen LogP contribution in [0.4, 0.5) is 0 Å². The third-order valence-corrected chi connectivity index (χ3v) is 5.14. The maximum atomic E-state index is 13.3. The van der Waals surface area contributed by atoms with Crippen LogP contribution in [0.2, 0.25) is 5.02 Å². The summed E-state index contributed by atoms with van der Waals surface area (Å²) in [7, 11) is 0. The van der Waals surface area contributed by atoms with Gasteiger partial charge in [0.1, 0.15) is 0 Å². The predicted molar refractivity (Wildman–Crippen MR) is 117 cm³/mol. The molecule has 1 amide bonds. The number of hydrogen-bond acceptors (Lipinski definition) is 3. The van der Waals surface area contributed by atoms with Crippen molar-refractivity contribution in [1.29, 1.82) is 0 Å². The quantitative estimate of drug-likeness (QED) is 0.457.